The highest BCUT2D eigenvalue weighted by Gasteiger charge is 2.15. The molecule has 0 saturated carbocycles. The standard InChI is InChI=1S/C12H12FNOS.ClH/c1-15-10-7-8(13)4-5-9(10)12(14)11-3-2-6-16-11;/h2-7,12H,14H2,1H3;1H/t12-;/m0./s1. The van der Waals surface area contributed by atoms with Crippen molar-refractivity contribution in [3.05, 3.63) is 52.0 Å². The van der Waals surface area contributed by atoms with Crippen molar-refractivity contribution in [2.24, 2.45) is 5.73 Å². The van der Waals surface area contributed by atoms with E-state index in [4.69, 9.17) is 10.5 Å². The third-order valence-electron chi connectivity index (χ3n) is 2.38. The Hall–Kier alpha value is -1.10. The van der Waals surface area contributed by atoms with Crippen molar-refractivity contribution in [1.82, 2.24) is 0 Å². The topological polar surface area (TPSA) is 35.2 Å². The zero-order valence-electron chi connectivity index (χ0n) is 9.22. The van der Waals surface area contributed by atoms with Crippen LogP contribution < -0.4 is 10.5 Å². The highest BCUT2D eigenvalue weighted by atomic mass is 35.5. The average Bonchev–Trinajstić information content (AvgIpc) is 2.81. The van der Waals surface area contributed by atoms with Gasteiger partial charge in [0.1, 0.15) is 11.6 Å². The number of methoxy groups -OCH3 is 1. The number of thiophene rings is 1. The van der Waals surface area contributed by atoms with Gasteiger partial charge in [-0.05, 0) is 17.5 Å². The summed E-state index contributed by atoms with van der Waals surface area (Å²) in [7, 11) is 1.51. The van der Waals surface area contributed by atoms with Crippen molar-refractivity contribution < 1.29 is 9.13 Å². The van der Waals surface area contributed by atoms with E-state index in [-0.39, 0.29) is 24.3 Å². The first-order valence-electron chi connectivity index (χ1n) is 4.85. The van der Waals surface area contributed by atoms with Crippen molar-refractivity contribution in [3.8, 4) is 5.75 Å². The summed E-state index contributed by atoms with van der Waals surface area (Å²) in [5, 5.41) is 1.96. The van der Waals surface area contributed by atoms with E-state index in [1.165, 1.54) is 19.2 Å². The zero-order valence-corrected chi connectivity index (χ0v) is 10.9. The normalized spacial score (nSPS) is 11.7. The second-order valence-electron chi connectivity index (χ2n) is 3.38. The molecule has 1 aromatic carbocycles. The number of halogens is 2. The van der Waals surface area contributed by atoms with E-state index in [2.05, 4.69) is 0 Å². The maximum absolute atomic E-state index is 13.0. The predicted molar refractivity (Wildman–Crippen MR) is 70.5 cm³/mol. The molecule has 0 radical (unpaired) electrons. The molecule has 0 unspecified atom stereocenters. The van der Waals surface area contributed by atoms with Crippen molar-refractivity contribution in [1.29, 1.82) is 0 Å². The summed E-state index contributed by atoms with van der Waals surface area (Å²) in [4.78, 5) is 1.03. The largest absolute Gasteiger partial charge is 0.496 e. The molecule has 0 amide bonds. The molecule has 0 saturated heterocycles. The molecule has 2 N–H and O–H groups in total. The fourth-order valence-electron chi connectivity index (χ4n) is 1.56. The first-order chi connectivity index (χ1) is 7.72. The molecule has 0 fully saturated rings. The second kappa shape index (κ2) is 6.00. The van der Waals surface area contributed by atoms with E-state index in [0.29, 0.717) is 5.75 Å². The van der Waals surface area contributed by atoms with Gasteiger partial charge in [0, 0.05) is 16.5 Å². The molecule has 2 rings (SSSR count). The van der Waals surface area contributed by atoms with Gasteiger partial charge in [0.2, 0.25) is 0 Å². The van der Waals surface area contributed by atoms with Crippen molar-refractivity contribution in [2.45, 2.75) is 6.04 Å². The highest BCUT2D eigenvalue weighted by molar-refractivity contribution is 7.10. The van der Waals surface area contributed by atoms with Gasteiger partial charge in [-0.25, -0.2) is 4.39 Å². The Bertz CT molecular complexity index is 475. The van der Waals surface area contributed by atoms with Gasteiger partial charge in [-0.2, -0.15) is 0 Å². The van der Waals surface area contributed by atoms with Gasteiger partial charge in [-0.3, -0.25) is 0 Å². The molecule has 0 bridgehead atoms. The van der Waals surface area contributed by atoms with E-state index in [1.807, 2.05) is 17.5 Å². The summed E-state index contributed by atoms with van der Waals surface area (Å²) in [6.45, 7) is 0. The van der Waals surface area contributed by atoms with Crippen LogP contribution in [0.4, 0.5) is 4.39 Å². The lowest BCUT2D eigenvalue weighted by atomic mass is 10.1. The second-order valence-corrected chi connectivity index (χ2v) is 4.36. The zero-order chi connectivity index (χ0) is 11.5. The fourth-order valence-corrected chi connectivity index (χ4v) is 2.31. The molecule has 17 heavy (non-hydrogen) atoms. The summed E-state index contributed by atoms with van der Waals surface area (Å²) < 4.78 is 18.2. The Morgan fingerprint density at radius 3 is 2.71 bits per heavy atom. The average molecular weight is 274 g/mol. The summed E-state index contributed by atoms with van der Waals surface area (Å²) in [5.41, 5.74) is 6.89. The van der Waals surface area contributed by atoms with Gasteiger partial charge in [0.05, 0.1) is 13.2 Å². The molecule has 2 nitrogen and oxygen atoms in total. The maximum atomic E-state index is 13.0. The van der Waals surface area contributed by atoms with Gasteiger partial charge >= 0.3 is 0 Å². The van der Waals surface area contributed by atoms with E-state index >= 15 is 0 Å². The summed E-state index contributed by atoms with van der Waals surface area (Å²) in [5.74, 6) is 0.167. The van der Waals surface area contributed by atoms with E-state index in [9.17, 15) is 4.39 Å². The van der Waals surface area contributed by atoms with Gasteiger partial charge in [-0.15, -0.1) is 23.7 Å². The van der Waals surface area contributed by atoms with Crippen LogP contribution in [0.15, 0.2) is 35.7 Å². The molecule has 0 aliphatic carbocycles. The molecule has 2 aromatic rings. The number of rotatable bonds is 3. The number of hydrogen-bond acceptors (Lipinski definition) is 3. The highest BCUT2D eigenvalue weighted by Crippen LogP contribution is 2.30. The predicted octanol–water partition coefficient (Wildman–Crippen LogP) is 3.37. The van der Waals surface area contributed by atoms with Gasteiger partial charge in [0.15, 0.2) is 0 Å². The first kappa shape index (κ1) is 14.0. The molecule has 5 heteroatoms. The molecule has 0 aliphatic heterocycles. The third kappa shape index (κ3) is 2.97. The number of hydrogen-bond donors (Lipinski definition) is 1. The van der Waals surface area contributed by atoms with Crippen LogP contribution in [0.1, 0.15) is 16.5 Å². The van der Waals surface area contributed by atoms with Gasteiger partial charge < -0.3 is 10.5 Å². The van der Waals surface area contributed by atoms with Crippen LogP contribution in [0.25, 0.3) is 0 Å². The first-order valence-corrected chi connectivity index (χ1v) is 5.72. The smallest absolute Gasteiger partial charge is 0.126 e. The molecule has 92 valence electrons. The molecular formula is C12H13ClFNOS. The third-order valence-corrected chi connectivity index (χ3v) is 3.34. The number of benzene rings is 1. The van der Waals surface area contributed by atoms with Gasteiger partial charge in [0.25, 0.3) is 0 Å². The Morgan fingerprint density at radius 2 is 2.12 bits per heavy atom. The van der Waals surface area contributed by atoms with Crippen molar-refractivity contribution in [3.63, 3.8) is 0 Å². The van der Waals surface area contributed by atoms with Crippen LogP contribution in [0.5, 0.6) is 5.75 Å². The quantitative estimate of drug-likeness (QED) is 0.931. The van der Waals surface area contributed by atoms with E-state index < -0.39 is 0 Å². The summed E-state index contributed by atoms with van der Waals surface area (Å²) >= 11 is 1.57. The van der Waals surface area contributed by atoms with Crippen LogP contribution in [0, 0.1) is 5.82 Å². The maximum Gasteiger partial charge on any atom is 0.126 e. The minimum atomic E-state index is -0.320. The van der Waals surface area contributed by atoms with Crippen LogP contribution in [0.2, 0.25) is 0 Å². The molecule has 1 heterocycles. The van der Waals surface area contributed by atoms with Crippen LogP contribution in [-0.2, 0) is 0 Å². The number of ether oxygens (including phenoxy) is 1. The number of nitrogens with two attached hydrogens (primary N) is 1. The van der Waals surface area contributed by atoms with Crippen molar-refractivity contribution >= 4 is 23.7 Å². The lowest BCUT2D eigenvalue weighted by Gasteiger charge is -2.14. The van der Waals surface area contributed by atoms with Crippen LogP contribution >= 0.6 is 23.7 Å². The SMILES string of the molecule is COc1cc(F)ccc1[C@H](N)c1cccs1.Cl. The monoisotopic (exact) mass is 273 g/mol. The summed E-state index contributed by atoms with van der Waals surface area (Å²) in [6, 6.07) is 8.04. The summed E-state index contributed by atoms with van der Waals surface area (Å²) in [6.07, 6.45) is 0. The Kier molecular flexibility index (Phi) is 4.93. The molecule has 0 spiro atoms. The van der Waals surface area contributed by atoms with Crippen molar-refractivity contribution in [2.75, 3.05) is 7.11 Å². The minimum Gasteiger partial charge on any atom is -0.496 e. The Labute approximate surface area is 110 Å². The minimum absolute atomic E-state index is 0. The molecule has 1 atom stereocenters. The molecule has 1 aromatic heterocycles. The van der Waals surface area contributed by atoms with Gasteiger partial charge in [-0.1, -0.05) is 12.1 Å². The molecular weight excluding hydrogens is 261 g/mol. The Morgan fingerprint density at radius 1 is 1.35 bits per heavy atom. The Balaban J connectivity index is 0.00000144. The van der Waals surface area contributed by atoms with E-state index in [1.54, 1.807) is 17.4 Å². The molecule has 0 aliphatic rings. The van der Waals surface area contributed by atoms with Crippen LogP contribution in [0.3, 0.4) is 0 Å². The fraction of sp³-hybridized carbons (Fsp3) is 0.167. The van der Waals surface area contributed by atoms with Crippen LogP contribution in [-0.4, -0.2) is 7.11 Å². The lowest BCUT2D eigenvalue weighted by molar-refractivity contribution is 0.404. The van der Waals surface area contributed by atoms with E-state index in [0.717, 1.165) is 10.4 Å². The lowest BCUT2D eigenvalue weighted by Crippen LogP contribution is -2.11.